The maximum atomic E-state index is 2.45. The van der Waals surface area contributed by atoms with Crippen LogP contribution in [0.25, 0.3) is 93.2 Å². The van der Waals surface area contributed by atoms with Crippen LogP contribution in [-0.4, -0.2) is 4.57 Å². The molecule has 0 saturated heterocycles. The van der Waals surface area contributed by atoms with Gasteiger partial charge in [-0.05, 0) is 121 Å². The van der Waals surface area contributed by atoms with E-state index >= 15 is 0 Å². The van der Waals surface area contributed by atoms with Crippen molar-refractivity contribution < 1.29 is 0 Å². The van der Waals surface area contributed by atoms with Gasteiger partial charge in [0.05, 0.1) is 11.0 Å². The lowest BCUT2D eigenvalue weighted by molar-refractivity contribution is 1.19. The first-order chi connectivity index (χ1) is 30.8. The van der Waals surface area contributed by atoms with Gasteiger partial charge in [-0.25, -0.2) is 0 Å². The van der Waals surface area contributed by atoms with E-state index < -0.39 is 0 Å². The van der Waals surface area contributed by atoms with Crippen molar-refractivity contribution in [2.75, 3.05) is 4.90 Å². The van der Waals surface area contributed by atoms with Crippen molar-refractivity contribution in [3.63, 3.8) is 0 Å². The van der Waals surface area contributed by atoms with Gasteiger partial charge in [-0.1, -0.05) is 182 Å². The summed E-state index contributed by atoms with van der Waals surface area (Å²) in [6.45, 7) is 0. The van der Waals surface area contributed by atoms with Gasteiger partial charge >= 0.3 is 0 Å². The number of para-hydroxylation sites is 2. The van der Waals surface area contributed by atoms with Gasteiger partial charge in [-0.3, -0.25) is 0 Å². The molecule has 0 radical (unpaired) electrons. The summed E-state index contributed by atoms with van der Waals surface area (Å²) in [6.07, 6.45) is 0. The molecule has 11 aromatic carbocycles. The Morgan fingerprint density at radius 1 is 0.290 bits per heavy atom. The predicted octanol–water partition coefficient (Wildman–Crippen LogP) is 16.7. The highest BCUT2D eigenvalue weighted by Gasteiger charge is 2.21. The summed E-state index contributed by atoms with van der Waals surface area (Å²) in [5.41, 5.74) is 14.1. The van der Waals surface area contributed by atoms with Crippen LogP contribution in [0.3, 0.4) is 0 Å². The van der Waals surface area contributed by atoms with Crippen molar-refractivity contribution in [3.8, 4) is 39.1 Å². The predicted molar refractivity (Wildman–Crippen MR) is 264 cm³/mol. The summed E-state index contributed by atoms with van der Waals surface area (Å²) in [4.78, 5) is 2.40. The van der Waals surface area contributed by atoms with Gasteiger partial charge in [-0.15, -0.1) is 0 Å². The van der Waals surface area contributed by atoms with Crippen LogP contribution >= 0.6 is 0 Å². The molecule has 0 saturated carbocycles. The Morgan fingerprint density at radius 2 is 0.790 bits per heavy atom. The van der Waals surface area contributed by atoms with E-state index in [0.29, 0.717) is 0 Å². The van der Waals surface area contributed by atoms with E-state index in [1.165, 1.54) is 87.5 Å². The van der Waals surface area contributed by atoms with Crippen molar-refractivity contribution in [2.24, 2.45) is 0 Å². The van der Waals surface area contributed by atoms with Gasteiger partial charge in [-0.2, -0.15) is 0 Å². The molecule has 1 heterocycles. The zero-order valence-electron chi connectivity index (χ0n) is 34.0. The smallest absolute Gasteiger partial charge is 0.0625 e. The van der Waals surface area contributed by atoms with Crippen LogP contribution in [0.4, 0.5) is 17.1 Å². The molecule has 12 rings (SSSR count). The minimum absolute atomic E-state index is 1.09. The van der Waals surface area contributed by atoms with Crippen LogP contribution in [-0.2, 0) is 0 Å². The van der Waals surface area contributed by atoms with Crippen LogP contribution in [0.15, 0.2) is 243 Å². The molecule has 0 bridgehead atoms. The largest absolute Gasteiger partial charge is 0.310 e. The van der Waals surface area contributed by atoms with E-state index in [0.717, 1.165) is 22.7 Å². The molecule has 0 atom stereocenters. The first-order valence-electron chi connectivity index (χ1n) is 21.3. The van der Waals surface area contributed by atoms with E-state index in [1.54, 1.807) is 0 Å². The van der Waals surface area contributed by atoms with Crippen LogP contribution < -0.4 is 4.90 Å². The van der Waals surface area contributed by atoms with Crippen LogP contribution in [0.5, 0.6) is 0 Å². The van der Waals surface area contributed by atoms with Crippen LogP contribution in [0.2, 0.25) is 0 Å². The fourth-order valence-corrected chi connectivity index (χ4v) is 9.70. The number of hydrogen-bond acceptors (Lipinski definition) is 1. The molecule has 0 N–H and O–H groups in total. The average molecular weight is 789 g/mol. The number of aromatic nitrogens is 1. The van der Waals surface area contributed by atoms with Crippen molar-refractivity contribution in [2.45, 2.75) is 0 Å². The molecule has 2 heteroatoms. The second-order valence-electron chi connectivity index (χ2n) is 16.1. The van der Waals surface area contributed by atoms with E-state index in [2.05, 4.69) is 252 Å². The van der Waals surface area contributed by atoms with Gasteiger partial charge in [0, 0.05) is 38.9 Å². The number of fused-ring (bicyclic) bond motifs is 7. The lowest BCUT2D eigenvalue weighted by Crippen LogP contribution is -2.10. The molecule has 12 aromatic rings. The van der Waals surface area contributed by atoms with Crippen molar-refractivity contribution >= 4 is 71.2 Å². The summed E-state index contributed by atoms with van der Waals surface area (Å²) in [5, 5.41) is 9.94. The Morgan fingerprint density at radius 3 is 1.42 bits per heavy atom. The molecule has 0 unspecified atom stereocenters. The summed E-state index contributed by atoms with van der Waals surface area (Å²) in [5.74, 6) is 0. The maximum absolute atomic E-state index is 2.45. The Balaban J connectivity index is 1.05. The Kier molecular flexibility index (Phi) is 8.53. The summed E-state index contributed by atoms with van der Waals surface area (Å²) in [6, 6.07) is 88.5. The fourth-order valence-electron chi connectivity index (χ4n) is 9.70. The third-order valence-corrected chi connectivity index (χ3v) is 12.5. The number of benzene rings is 11. The third-order valence-electron chi connectivity index (χ3n) is 12.5. The summed E-state index contributed by atoms with van der Waals surface area (Å²) >= 11 is 0. The molecule has 0 fully saturated rings. The highest BCUT2D eigenvalue weighted by atomic mass is 15.1. The molecule has 62 heavy (non-hydrogen) atoms. The normalized spacial score (nSPS) is 11.5. The lowest BCUT2D eigenvalue weighted by Gasteiger charge is -2.27. The first-order valence-corrected chi connectivity index (χ1v) is 21.3. The number of anilines is 3. The maximum Gasteiger partial charge on any atom is 0.0625 e. The monoisotopic (exact) mass is 788 g/mol. The summed E-state index contributed by atoms with van der Waals surface area (Å²) < 4.78 is 2.45. The molecule has 0 aliphatic rings. The molecule has 290 valence electrons. The minimum atomic E-state index is 1.09. The standard InChI is InChI=1S/C60H40N2/c1-2-21-47(22-3-1)62-58-30-11-10-27-56(58)59-57(40-46-17-6-9-26-55(46)60(59)62)45-20-12-23-50(39-45)61(48-35-31-43(32-36-48)53-28-13-18-41-15-4-7-24-51(41)53)49-37-33-44(34-38-49)54-29-14-19-42-16-5-8-25-52(42)54/h1-40H. The summed E-state index contributed by atoms with van der Waals surface area (Å²) in [7, 11) is 0. The van der Waals surface area contributed by atoms with E-state index in [9.17, 15) is 0 Å². The highest BCUT2D eigenvalue weighted by molar-refractivity contribution is 6.24. The number of nitrogens with zero attached hydrogens (tertiary/aromatic N) is 2. The van der Waals surface area contributed by atoms with Gasteiger partial charge < -0.3 is 9.47 Å². The first kappa shape index (κ1) is 35.7. The molecule has 2 nitrogen and oxygen atoms in total. The average Bonchev–Trinajstić information content (AvgIpc) is 3.70. The quantitative estimate of drug-likeness (QED) is 0.156. The second kappa shape index (κ2) is 14.8. The molecule has 0 aliphatic heterocycles. The zero-order chi connectivity index (χ0) is 41.0. The minimum Gasteiger partial charge on any atom is -0.310 e. The van der Waals surface area contributed by atoms with Gasteiger partial charge in [0.25, 0.3) is 0 Å². The fraction of sp³-hybridized carbons (Fsp3) is 0. The van der Waals surface area contributed by atoms with Crippen molar-refractivity contribution in [3.05, 3.63) is 243 Å². The molecule has 1 aromatic heterocycles. The highest BCUT2D eigenvalue weighted by Crippen LogP contribution is 2.45. The third kappa shape index (κ3) is 5.96. The Hall–Kier alpha value is -8.20. The number of rotatable bonds is 7. The van der Waals surface area contributed by atoms with Gasteiger partial charge in [0.1, 0.15) is 0 Å². The van der Waals surface area contributed by atoms with Crippen LogP contribution in [0.1, 0.15) is 0 Å². The molecular weight excluding hydrogens is 749 g/mol. The Labute approximate surface area is 360 Å². The molecule has 0 amide bonds. The lowest BCUT2D eigenvalue weighted by atomic mass is 9.94. The van der Waals surface area contributed by atoms with Crippen LogP contribution in [0, 0.1) is 0 Å². The topological polar surface area (TPSA) is 8.17 Å². The molecule has 0 aliphatic carbocycles. The number of hydrogen-bond donors (Lipinski definition) is 0. The SMILES string of the molecule is c1ccc(-n2c3ccccc3c3c(-c4cccc(N(c5ccc(-c6cccc7ccccc67)cc5)c5ccc(-c6cccc7ccccc67)cc5)c4)cc4ccccc4c32)cc1. The van der Waals surface area contributed by atoms with Gasteiger partial charge in [0.15, 0.2) is 0 Å². The van der Waals surface area contributed by atoms with Crippen molar-refractivity contribution in [1.82, 2.24) is 4.57 Å². The van der Waals surface area contributed by atoms with E-state index in [1.807, 2.05) is 0 Å². The molecule has 0 spiro atoms. The van der Waals surface area contributed by atoms with E-state index in [-0.39, 0.29) is 0 Å². The second-order valence-corrected chi connectivity index (χ2v) is 16.1. The van der Waals surface area contributed by atoms with Crippen molar-refractivity contribution in [1.29, 1.82) is 0 Å². The van der Waals surface area contributed by atoms with Gasteiger partial charge in [0.2, 0.25) is 0 Å². The molecular formula is C60H40N2. The van der Waals surface area contributed by atoms with E-state index in [4.69, 9.17) is 0 Å². The Bertz CT molecular complexity index is 3480. The zero-order valence-corrected chi connectivity index (χ0v) is 34.0.